The number of esters is 1. The van der Waals surface area contributed by atoms with Gasteiger partial charge in [-0.05, 0) is 127 Å². The lowest BCUT2D eigenvalue weighted by atomic mass is 9.59. The molecule has 3 aliphatic carbocycles. The predicted molar refractivity (Wildman–Crippen MR) is 194 cm³/mol. The van der Waals surface area contributed by atoms with Crippen LogP contribution < -0.4 is 10.9 Å². The summed E-state index contributed by atoms with van der Waals surface area (Å²) in [5.41, 5.74) is -0.0409. The second-order valence-corrected chi connectivity index (χ2v) is 17.3. The standard InChI is InChI=1S/C42H54O10/c1-19(2)26-10-12-40(8,31(18-43)51-23(7)44)34(26)28-15-25(16-30(46)36(47)21(28)5)42(50)17-24-14-29(45)37(48)22(6)32-33(24)38(52-42)39(49)41(9)13-11-27(20(3)4)35(32)41/h14-16,18-20,26-27,31,34-35,38-39,49-50H,10-13,17H2,1-9H3,(H,45,48)(H,46,47)/t26-,27-,31+,34?,35-,38-,39+,40+,41-,42+/m1/s1. The monoisotopic (exact) mass is 718 g/mol. The van der Waals surface area contributed by atoms with Gasteiger partial charge < -0.3 is 29.9 Å². The van der Waals surface area contributed by atoms with Gasteiger partial charge in [0.15, 0.2) is 29.7 Å². The molecule has 0 radical (unpaired) electrons. The highest BCUT2D eigenvalue weighted by Gasteiger charge is 2.61. The number of aromatic hydroxyl groups is 2. The van der Waals surface area contributed by atoms with Crippen LogP contribution in [0.25, 0.3) is 0 Å². The van der Waals surface area contributed by atoms with Crippen LogP contribution in [0.1, 0.15) is 131 Å². The number of aldehydes is 1. The number of aliphatic hydroxyl groups is 2. The first-order valence-corrected chi connectivity index (χ1v) is 18.7. The van der Waals surface area contributed by atoms with Crippen LogP contribution in [0.2, 0.25) is 0 Å². The number of fused-ring (bicyclic) bond motifs is 2. The lowest BCUT2D eigenvalue weighted by molar-refractivity contribution is -0.279. The number of hydrogen-bond acceptors (Lipinski definition) is 10. The lowest BCUT2D eigenvalue weighted by Gasteiger charge is -2.52. The third-order valence-corrected chi connectivity index (χ3v) is 13.7. The summed E-state index contributed by atoms with van der Waals surface area (Å²) >= 11 is 0. The first-order chi connectivity index (χ1) is 24.2. The molecule has 10 heteroatoms. The van der Waals surface area contributed by atoms with E-state index in [0.29, 0.717) is 47.8 Å². The quantitative estimate of drug-likeness (QED) is 0.206. The van der Waals surface area contributed by atoms with Gasteiger partial charge in [0.1, 0.15) is 6.10 Å². The van der Waals surface area contributed by atoms with Crippen molar-refractivity contribution in [2.24, 2.45) is 34.5 Å². The molecular formula is C42H54O10. The Labute approximate surface area is 305 Å². The molecular weight excluding hydrogens is 664 g/mol. The topological polar surface area (TPSA) is 168 Å². The first kappa shape index (κ1) is 38.1. The van der Waals surface area contributed by atoms with E-state index in [4.69, 9.17) is 9.47 Å². The molecule has 0 spiro atoms. The van der Waals surface area contributed by atoms with Crippen molar-refractivity contribution in [1.29, 1.82) is 0 Å². The van der Waals surface area contributed by atoms with E-state index in [0.717, 1.165) is 18.1 Å². The number of ether oxygens (including phenoxy) is 2. The maximum absolute atomic E-state index is 13.7. The predicted octanol–water partition coefficient (Wildman–Crippen LogP) is 5.71. The van der Waals surface area contributed by atoms with E-state index in [1.807, 2.05) is 13.8 Å². The van der Waals surface area contributed by atoms with Crippen molar-refractivity contribution >= 4 is 12.3 Å². The molecule has 2 aromatic carbocycles. The molecule has 2 fully saturated rings. The second-order valence-electron chi connectivity index (χ2n) is 17.3. The fourth-order valence-corrected chi connectivity index (χ4v) is 10.9. The first-order valence-electron chi connectivity index (χ1n) is 18.7. The van der Waals surface area contributed by atoms with Gasteiger partial charge in [-0.15, -0.1) is 0 Å². The van der Waals surface area contributed by atoms with Gasteiger partial charge in [-0.2, -0.15) is 0 Å². The van der Waals surface area contributed by atoms with Gasteiger partial charge in [-0.3, -0.25) is 19.2 Å². The number of carbonyl (C=O) groups excluding carboxylic acids is 2. The third kappa shape index (κ3) is 5.62. The highest BCUT2D eigenvalue weighted by molar-refractivity contribution is 5.71. The summed E-state index contributed by atoms with van der Waals surface area (Å²) < 4.78 is 12.2. The van der Waals surface area contributed by atoms with Crippen LogP contribution >= 0.6 is 0 Å². The van der Waals surface area contributed by atoms with Gasteiger partial charge in [0.25, 0.3) is 0 Å². The van der Waals surface area contributed by atoms with Crippen molar-refractivity contribution in [2.75, 3.05) is 0 Å². The zero-order chi connectivity index (χ0) is 38.4. The molecule has 282 valence electrons. The average molecular weight is 719 g/mol. The van der Waals surface area contributed by atoms with Crippen LogP contribution in [0, 0.1) is 48.3 Å². The van der Waals surface area contributed by atoms with Crippen molar-refractivity contribution in [3.8, 4) is 11.5 Å². The molecule has 10 nitrogen and oxygen atoms in total. The van der Waals surface area contributed by atoms with Crippen molar-refractivity contribution in [3.63, 3.8) is 0 Å². The maximum atomic E-state index is 13.7. The molecule has 1 aliphatic heterocycles. The lowest BCUT2D eigenvalue weighted by Crippen LogP contribution is -2.51. The summed E-state index contributed by atoms with van der Waals surface area (Å²) in [6, 6.07) is 4.07. The Balaban J connectivity index is 1.61. The molecule has 0 amide bonds. The Morgan fingerprint density at radius 1 is 0.904 bits per heavy atom. The van der Waals surface area contributed by atoms with E-state index in [2.05, 4.69) is 27.7 Å². The maximum Gasteiger partial charge on any atom is 0.303 e. The van der Waals surface area contributed by atoms with Crippen molar-refractivity contribution in [3.05, 3.63) is 77.6 Å². The van der Waals surface area contributed by atoms with Crippen LogP contribution in [0.4, 0.5) is 0 Å². The zero-order valence-electron chi connectivity index (χ0n) is 31.8. The summed E-state index contributed by atoms with van der Waals surface area (Å²) in [5, 5.41) is 47.5. The minimum atomic E-state index is -2.26. The van der Waals surface area contributed by atoms with Gasteiger partial charge in [-0.25, -0.2) is 0 Å². The van der Waals surface area contributed by atoms with E-state index >= 15 is 0 Å². The number of hydrogen-bond donors (Lipinski definition) is 4. The summed E-state index contributed by atoms with van der Waals surface area (Å²) in [4.78, 5) is 51.9. The zero-order valence-corrected chi connectivity index (χ0v) is 31.8. The Kier molecular flexibility index (Phi) is 9.58. The smallest absolute Gasteiger partial charge is 0.303 e. The molecule has 1 heterocycles. The van der Waals surface area contributed by atoms with Gasteiger partial charge in [0.05, 0.1) is 6.10 Å². The van der Waals surface area contributed by atoms with Crippen LogP contribution in [-0.2, 0) is 31.3 Å². The molecule has 6 rings (SSSR count). The van der Waals surface area contributed by atoms with Gasteiger partial charge >= 0.3 is 5.97 Å². The van der Waals surface area contributed by atoms with Crippen molar-refractivity contribution in [1.82, 2.24) is 0 Å². The molecule has 1 unspecified atom stereocenters. The van der Waals surface area contributed by atoms with E-state index in [-0.39, 0.29) is 52.9 Å². The highest BCUT2D eigenvalue weighted by atomic mass is 16.6. The van der Waals surface area contributed by atoms with Crippen LogP contribution in [0.3, 0.4) is 0 Å². The van der Waals surface area contributed by atoms with Gasteiger partial charge in [-0.1, -0.05) is 41.5 Å². The Morgan fingerprint density at radius 2 is 1.48 bits per heavy atom. The second kappa shape index (κ2) is 13.1. The summed E-state index contributed by atoms with van der Waals surface area (Å²) in [6.07, 6.45) is -0.283. The SMILES string of the molecule is CC(=O)O[C@@H](C=O)[C@]1(C)CC[C@H](C(C)C)C1c1cc([C@]2(O)Cc3cc(=O)c(O)c(C)c4c3[C@@H](O2)[C@H](O)[C@]2(C)CC[C@H](C(C)C)[C@H]42)cc(=O)c(O)c1C. The molecule has 2 saturated carbocycles. The Morgan fingerprint density at radius 3 is 2.08 bits per heavy atom. The summed E-state index contributed by atoms with van der Waals surface area (Å²) in [5.74, 6) is -3.98. The Bertz CT molecular complexity index is 1940. The van der Waals surface area contributed by atoms with E-state index in [1.165, 1.54) is 13.0 Å². The molecule has 0 saturated heterocycles. The van der Waals surface area contributed by atoms with Gasteiger partial charge in [0, 0.05) is 29.7 Å². The fourth-order valence-electron chi connectivity index (χ4n) is 10.9. The molecule has 4 N–H and O–H groups in total. The van der Waals surface area contributed by atoms with Crippen molar-refractivity contribution in [2.45, 2.75) is 130 Å². The number of aliphatic hydroxyl groups excluding tert-OH is 1. The molecule has 2 aromatic rings. The molecule has 10 atom stereocenters. The Hall–Kier alpha value is -3.60. The molecule has 4 aliphatic rings. The average Bonchev–Trinajstić information content (AvgIpc) is 3.57. The largest absolute Gasteiger partial charge is 0.504 e. The van der Waals surface area contributed by atoms with Crippen LogP contribution in [0.5, 0.6) is 11.5 Å². The highest BCUT2D eigenvalue weighted by Crippen LogP contribution is 2.65. The van der Waals surface area contributed by atoms with Crippen LogP contribution in [0.15, 0.2) is 27.8 Å². The van der Waals surface area contributed by atoms with Crippen molar-refractivity contribution < 1.29 is 39.5 Å². The third-order valence-electron chi connectivity index (χ3n) is 13.7. The van der Waals surface area contributed by atoms with Gasteiger partial charge in [0.2, 0.25) is 10.9 Å². The molecule has 0 bridgehead atoms. The minimum Gasteiger partial charge on any atom is -0.504 e. The normalized spacial score (nSPS) is 34.2. The number of carbonyl (C=O) groups is 2. The summed E-state index contributed by atoms with van der Waals surface area (Å²) in [6.45, 7) is 16.9. The van der Waals surface area contributed by atoms with E-state index in [1.54, 1.807) is 19.9 Å². The fraction of sp³-hybridized carbons (Fsp3) is 0.619. The molecule has 0 aromatic heterocycles. The van der Waals surface area contributed by atoms with E-state index in [9.17, 15) is 39.6 Å². The van der Waals surface area contributed by atoms with E-state index < -0.39 is 63.4 Å². The van der Waals surface area contributed by atoms with Crippen LogP contribution in [-0.4, -0.2) is 44.9 Å². The minimum absolute atomic E-state index is 0.0147. The summed E-state index contributed by atoms with van der Waals surface area (Å²) in [7, 11) is 0. The molecule has 52 heavy (non-hydrogen) atoms. The number of rotatable bonds is 7.